The molecular weight excluding hydrogens is 390 g/mol. The Morgan fingerprint density at radius 2 is 1.84 bits per heavy atom. The van der Waals surface area contributed by atoms with Crippen LogP contribution < -0.4 is 4.90 Å². The quantitative estimate of drug-likeness (QED) is 0.505. The Bertz CT molecular complexity index is 1350. The zero-order valence-corrected chi connectivity index (χ0v) is 17.0. The number of piperazine rings is 1. The fraction of sp³-hybridized carbons (Fsp3) is 0.292. The monoisotopic (exact) mass is 411 g/mol. The predicted octanol–water partition coefficient (Wildman–Crippen LogP) is 3.40. The second kappa shape index (κ2) is 6.88. The number of benzene rings is 1. The van der Waals surface area contributed by atoms with Gasteiger partial charge in [0.1, 0.15) is 11.9 Å². The molecule has 0 unspecified atom stereocenters. The van der Waals surface area contributed by atoms with E-state index in [9.17, 15) is 10.1 Å². The van der Waals surface area contributed by atoms with Gasteiger partial charge in [-0.15, -0.1) is 0 Å². The minimum absolute atomic E-state index is 0.0621. The van der Waals surface area contributed by atoms with Crippen LogP contribution in [0.4, 0.5) is 5.82 Å². The van der Waals surface area contributed by atoms with Crippen molar-refractivity contribution in [3.8, 4) is 6.07 Å². The van der Waals surface area contributed by atoms with Crippen LogP contribution in [0.15, 0.2) is 47.1 Å². The molecule has 0 radical (unpaired) electrons. The van der Waals surface area contributed by atoms with Crippen molar-refractivity contribution in [2.75, 3.05) is 31.1 Å². The molecule has 1 aliphatic carbocycles. The molecule has 1 amide bonds. The number of carbonyl (C=O) groups excluding carboxylic acids is 1. The number of fused-ring (bicyclic) bond motifs is 4. The minimum atomic E-state index is -0.0621. The van der Waals surface area contributed by atoms with Crippen LogP contribution in [0.3, 0.4) is 0 Å². The fourth-order valence-electron chi connectivity index (χ4n) is 5.07. The highest BCUT2D eigenvalue weighted by Gasteiger charge is 2.31. The number of nitriles is 1. The average Bonchev–Trinajstić information content (AvgIpc) is 3.57. The summed E-state index contributed by atoms with van der Waals surface area (Å²) < 4.78 is 7.46. The molecule has 0 N–H and O–H groups in total. The van der Waals surface area contributed by atoms with Gasteiger partial charge in [-0.2, -0.15) is 5.26 Å². The molecule has 2 aliphatic rings. The third-order valence-electron chi connectivity index (χ3n) is 6.50. The summed E-state index contributed by atoms with van der Waals surface area (Å²) >= 11 is 0. The van der Waals surface area contributed by atoms with Crippen LogP contribution in [-0.4, -0.2) is 46.4 Å². The number of pyridine rings is 1. The maximum absolute atomic E-state index is 12.7. The lowest BCUT2D eigenvalue weighted by atomic mass is 10.0. The molecule has 6 rings (SSSR count). The average molecular weight is 411 g/mol. The van der Waals surface area contributed by atoms with Crippen molar-refractivity contribution < 1.29 is 9.21 Å². The number of furan rings is 1. The largest absolute Gasteiger partial charge is 0.459 e. The van der Waals surface area contributed by atoms with Crippen molar-refractivity contribution in [2.45, 2.75) is 19.3 Å². The van der Waals surface area contributed by atoms with Crippen LogP contribution >= 0.6 is 0 Å². The fourth-order valence-corrected chi connectivity index (χ4v) is 5.07. The number of aromatic nitrogens is 2. The predicted molar refractivity (Wildman–Crippen MR) is 116 cm³/mol. The maximum atomic E-state index is 12.7. The highest BCUT2D eigenvalue weighted by atomic mass is 16.3. The molecule has 0 spiro atoms. The molecule has 0 atom stereocenters. The summed E-state index contributed by atoms with van der Waals surface area (Å²) in [4.78, 5) is 21.7. The molecule has 0 bridgehead atoms. The van der Waals surface area contributed by atoms with Crippen molar-refractivity contribution >= 4 is 28.4 Å². The molecule has 1 fully saturated rings. The number of carbonyl (C=O) groups is 1. The van der Waals surface area contributed by atoms with E-state index >= 15 is 0 Å². The van der Waals surface area contributed by atoms with Gasteiger partial charge in [-0.05, 0) is 54.7 Å². The summed E-state index contributed by atoms with van der Waals surface area (Å²) in [5, 5.41) is 9.94. The Hall–Kier alpha value is -3.79. The highest BCUT2D eigenvalue weighted by Crippen LogP contribution is 2.38. The van der Waals surface area contributed by atoms with Gasteiger partial charge in [-0.1, -0.05) is 12.1 Å². The molecule has 7 nitrogen and oxygen atoms in total. The zero-order chi connectivity index (χ0) is 20.9. The van der Waals surface area contributed by atoms with Gasteiger partial charge in [0.2, 0.25) is 0 Å². The van der Waals surface area contributed by atoms with Gasteiger partial charge in [0, 0.05) is 26.2 Å². The molecule has 4 aromatic rings. The minimum Gasteiger partial charge on any atom is -0.459 e. The number of amides is 1. The third kappa shape index (κ3) is 2.65. The molecule has 4 heterocycles. The molecule has 1 aliphatic heterocycles. The van der Waals surface area contributed by atoms with Gasteiger partial charge in [-0.3, -0.25) is 9.20 Å². The van der Waals surface area contributed by atoms with E-state index < -0.39 is 0 Å². The van der Waals surface area contributed by atoms with Gasteiger partial charge in [0.15, 0.2) is 11.4 Å². The zero-order valence-electron chi connectivity index (χ0n) is 17.0. The van der Waals surface area contributed by atoms with Gasteiger partial charge in [-0.25, -0.2) is 4.98 Å². The maximum Gasteiger partial charge on any atom is 0.289 e. The summed E-state index contributed by atoms with van der Waals surface area (Å²) in [6.45, 7) is 2.71. The van der Waals surface area contributed by atoms with Crippen LogP contribution in [-0.2, 0) is 12.8 Å². The van der Waals surface area contributed by atoms with E-state index in [2.05, 4.69) is 21.4 Å². The van der Waals surface area contributed by atoms with Crippen molar-refractivity contribution in [3.63, 3.8) is 0 Å². The molecular formula is C24H21N5O2. The van der Waals surface area contributed by atoms with Crippen molar-refractivity contribution in [3.05, 3.63) is 65.1 Å². The molecule has 7 heteroatoms. The van der Waals surface area contributed by atoms with E-state index in [1.54, 1.807) is 12.1 Å². The van der Waals surface area contributed by atoms with Gasteiger partial charge in [0.25, 0.3) is 5.91 Å². The topological polar surface area (TPSA) is 77.8 Å². The summed E-state index contributed by atoms with van der Waals surface area (Å²) in [6, 6.07) is 13.9. The van der Waals surface area contributed by atoms with E-state index in [4.69, 9.17) is 9.40 Å². The van der Waals surface area contributed by atoms with Crippen LogP contribution in [0.5, 0.6) is 0 Å². The van der Waals surface area contributed by atoms with Crippen molar-refractivity contribution in [1.29, 1.82) is 5.26 Å². The standard InChI is InChI=1S/C24H21N5O2/c25-15-18-16-5-3-6-17(16)23(29-20-8-2-1-7-19(20)26-22(18)29)27-10-12-28(13-11-27)24(30)21-9-4-14-31-21/h1-2,4,7-9,14H,3,5-6,10-13H2. The van der Waals surface area contributed by atoms with Gasteiger partial charge in [0.05, 0.1) is 22.9 Å². The number of anilines is 1. The highest BCUT2D eigenvalue weighted by molar-refractivity contribution is 5.91. The van der Waals surface area contributed by atoms with Crippen molar-refractivity contribution in [1.82, 2.24) is 14.3 Å². The van der Waals surface area contributed by atoms with Crippen LogP contribution in [0, 0.1) is 11.3 Å². The lowest BCUT2D eigenvalue weighted by Crippen LogP contribution is -2.49. The third-order valence-corrected chi connectivity index (χ3v) is 6.50. The van der Waals surface area contributed by atoms with E-state index in [1.165, 1.54) is 11.8 Å². The first-order valence-electron chi connectivity index (χ1n) is 10.7. The summed E-state index contributed by atoms with van der Waals surface area (Å²) in [5.74, 6) is 1.46. The molecule has 1 aromatic carbocycles. The van der Waals surface area contributed by atoms with Gasteiger partial charge < -0.3 is 14.2 Å². The molecule has 31 heavy (non-hydrogen) atoms. The first kappa shape index (κ1) is 18.0. The van der Waals surface area contributed by atoms with Crippen LogP contribution in [0.1, 0.15) is 33.7 Å². The number of rotatable bonds is 2. The Morgan fingerprint density at radius 1 is 1.03 bits per heavy atom. The number of nitrogens with zero attached hydrogens (tertiary/aromatic N) is 5. The number of para-hydroxylation sites is 2. The summed E-state index contributed by atoms with van der Waals surface area (Å²) in [7, 11) is 0. The Kier molecular flexibility index (Phi) is 4.00. The number of hydrogen-bond acceptors (Lipinski definition) is 5. The lowest BCUT2D eigenvalue weighted by Gasteiger charge is -2.37. The SMILES string of the molecule is N#Cc1c2c(c(N3CCN(C(=O)c4ccco4)CC3)n3c1nc1ccccc13)CCC2. The van der Waals surface area contributed by atoms with Crippen LogP contribution in [0.25, 0.3) is 16.7 Å². The molecule has 3 aromatic heterocycles. The Balaban J connectivity index is 1.45. The first-order chi connectivity index (χ1) is 15.3. The van der Waals surface area contributed by atoms with Gasteiger partial charge >= 0.3 is 0 Å². The van der Waals surface area contributed by atoms with Crippen LogP contribution in [0.2, 0.25) is 0 Å². The second-order valence-corrected chi connectivity index (χ2v) is 8.14. The van der Waals surface area contributed by atoms with E-state index in [1.807, 2.05) is 23.1 Å². The number of hydrogen-bond donors (Lipinski definition) is 0. The molecule has 154 valence electrons. The summed E-state index contributed by atoms with van der Waals surface area (Å²) in [5.41, 5.74) is 5.78. The first-order valence-corrected chi connectivity index (χ1v) is 10.7. The van der Waals surface area contributed by atoms with E-state index in [0.717, 1.165) is 60.4 Å². The molecule has 0 saturated carbocycles. The lowest BCUT2D eigenvalue weighted by molar-refractivity contribution is 0.0714. The Labute approximate surface area is 179 Å². The Morgan fingerprint density at radius 3 is 2.61 bits per heavy atom. The molecule has 1 saturated heterocycles. The summed E-state index contributed by atoms with van der Waals surface area (Å²) in [6.07, 6.45) is 4.47. The number of imidazole rings is 1. The normalized spacial score (nSPS) is 16.1. The second-order valence-electron chi connectivity index (χ2n) is 8.14. The van der Waals surface area contributed by atoms with E-state index in [0.29, 0.717) is 24.4 Å². The van der Waals surface area contributed by atoms with E-state index in [-0.39, 0.29) is 5.91 Å². The van der Waals surface area contributed by atoms with Crippen molar-refractivity contribution in [2.24, 2.45) is 0 Å². The smallest absolute Gasteiger partial charge is 0.289 e.